The Labute approximate surface area is 131 Å². The summed E-state index contributed by atoms with van der Waals surface area (Å²) in [6.45, 7) is 4.92. The Kier molecular flexibility index (Phi) is 5.73. The summed E-state index contributed by atoms with van der Waals surface area (Å²) in [5.74, 6) is 4.04. The SMILES string of the molecule is CC(C)(C)OC(=O)NCC#Cc1cc(O)ccc1OC(F)(F)F. The second kappa shape index (κ2) is 7.13. The zero-order valence-electron chi connectivity index (χ0n) is 12.7. The van der Waals surface area contributed by atoms with E-state index in [1.807, 2.05) is 0 Å². The lowest BCUT2D eigenvalue weighted by atomic mass is 10.2. The predicted octanol–water partition coefficient (Wildman–Crippen LogP) is 3.17. The van der Waals surface area contributed by atoms with Crippen molar-refractivity contribution < 1.29 is 32.5 Å². The van der Waals surface area contributed by atoms with Gasteiger partial charge in [0, 0.05) is 0 Å². The van der Waals surface area contributed by atoms with Crippen molar-refractivity contribution in [2.75, 3.05) is 6.54 Å². The van der Waals surface area contributed by atoms with Crippen molar-refractivity contribution in [1.82, 2.24) is 5.32 Å². The minimum absolute atomic E-state index is 0.143. The van der Waals surface area contributed by atoms with E-state index in [0.29, 0.717) is 0 Å². The summed E-state index contributed by atoms with van der Waals surface area (Å²) in [4.78, 5) is 11.4. The number of aromatic hydroxyl groups is 1. The predicted molar refractivity (Wildman–Crippen MR) is 75.9 cm³/mol. The van der Waals surface area contributed by atoms with Crippen molar-refractivity contribution in [2.45, 2.75) is 32.7 Å². The standard InChI is InChI=1S/C15H16F3NO4/c1-14(2,3)23-13(21)19-8-4-5-10-9-11(20)6-7-12(10)22-15(16,17)18/h6-7,9,20H,8H2,1-3H3,(H,19,21). The van der Waals surface area contributed by atoms with Gasteiger partial charge in [-0.2, -0.15) is 0 Å². The molecule has 0 radical (unpaired) electrons. The molecule has 0 fully saturated rings. The number of ether oxygens (including phenoxy) is 2. The summed E-state index contributed by atoms with van der Waals surface area (Å²) in [6, 6.07) is 3.03. The van der Waals surface area contributed by atoms with E-state index in [9.17, 15) is 23.1 Å². The number of alkyl halides is 3. The number of alkyl carbamates (subject to hydrolysis) is 1. The number of phenols is 1. The average Bonchev–Trinajstić information content (AvgIpc) is 2.34. The lowest BCUT2D eigenvalue weighted by molar-refractivity contribution is -0.274. The Morgan fingerprint density at radius 1 is 1.30 bits per heavy atom. The number of benzene rings is 1. The fourth-order valence-electron chi connectivity index (χ4n) is 1.40. The number of nitrogens with one attached hydrogen (secondary N) is 1. The van der Waals surface area contributed by atoms with E-state index in [0.717, 1.165) is 18.2 Å². The number of carbonyl (C=O) groups is 1. The molecule has 1 aromatic carbocycles. The minimum Gasteiger partial charge on any atom is -0.508 e. The molecule has 0 heterocycles. The maximum atomic E-state index is 12.3. The molecule has 0 atom stereocenters. The molecule has 126 valence electrons. The van der Waals surface area contributed by atoms with Gasteiger partial charge in [0.15, 0.2) is 0 Å². The highest BCUT2D eigenvalue weighted by molar-refractivity contribution is 5.68. The van der Waals surface area contributed by atoms with Gasteiger partial charge in [0.25, 0.3) is 0 Å². The summed E-state index contributed by atoms with van der Waals surface area (Å²) >= 11 is 0. The molecule has 0 unspecified atom stereocenters. The first kappa shape index (κ1) is 18.5. The molecular formula is C15H16F3NO4. The number of phenolic OH excluding ortho intramolecular Hbond substituents is 1. The highest BCUT2D eigenvalue weighted by Gasteiger charge is 2.32. The van der Waals surface area contributed by atoms with Crippen molar-refractivity contribution in [3.05, 3.63) is 23.8 Å². The number of hydrogen-bond donors (Lipinski definition) is 2. The Balaban J connectivity index is 2.74. The molecule has 0 saturated heterocycles. The summed E-state index contributed by atoms with van der Waals surface area (Å²) in [5, 5.41) is 11.6. The zero-order chi connectivity index (χ0) is 17.7. The molecule has 1 aromatic rings. The number of hydrogen-bond acceptors (Lipinski definition) is 4. The van der Waals surface area contributed by atoms with E-state index >= 15 is 0 Å². The van der Waals surface area contributed by atoms with Crippen LogP contribution in [0.25, 0.3) is 0 Å². The van der Waals surface area contributed by atoms with E-state index in [4.69, 9.17) is 4.74 Å². The lowest BCUT2D eigenvalue weighted by Gasteiger charge is -2.19. The van der Waals surface area contributed by atoms with Crippen LogP contribution in [-0.2, 0) is 4.74 Å². The molecule has 5 nitrogen and oxygen atoms in total. The molecule has 1 amide bonds. The largest absolute Gasteiger partial charge is 0.573 e. The van der Waals surface area contributed by atoms with E-state index < -0.39 is 23.8 Å². The third-order valence-electron chi connectivity index (χ3n) is 2.13. The normalized spacial score (nSPS) is 11.2. The topological polar surface area (TPSA) is 67.8 Å². The quantitative estimate of drug-likeness (QED) is 0.817. The van der Waals surface area contributed by atoms with Gasteiger partial charge in [0.1, 0.15) is 17.1 Å². The highest BCUT2D eigenvalue weighted by atomic mass is 19.4. The van der Waals surface area contributed by atoms with Gasteiger partial charge in [-0.15, -0.1) is 13.2 Å². The maximum Gasteiger partial charge on any atom is 0.573 e. The van der Waals surface area contributed by atoms with Crippen LogP contribution in [0.1, 0.15) is 26.3 Å². The molecule has 2 N–H and O–H groups in total. The highest BCUT2D eigenvalue weighted by Crippen LogP contribution is 2.28. The van der Waals surface area contributed by atoms with Gasteiger partial charge in [-0.25, -0.2) is 4.79 Å². The van der Waals surface area contributed by atoms with Crippen molar-refractivity contribution in [1.29, 1.82) is 0 Å². The fraction of sp³-hybridized carbons (Fsp3) is 0.400. The van der Waals surface area contributed by atoms with Crippen LogP contribution in [0.4, 0.5) is 18.0 Å². The van der Waals surface area contributed by atoms with Crippen molar-refractivity contribution in [3.8, 4) is 23.3 Å². The number of rotatable bonds is 2. The second-order valence-electron chi connectivity index (χ2n) is 5.39. The van der Waals surface area contributed by atoms with E-state index in [-0.39, 0.29) is 17.9 Å². The van der Waals surface area contributed by atoms with Gasteiger partial charge in [-0.1, -0.05) is 11.8 Å². The Hall–Kier alpha value is -2.56. The summed E-state index contributed by atoms with van der Waals surface area (Å²) in [5.41, 5.74) is -0.829. The van der Waals surface area contributed by atoms with Crippen LogP contribution in [0.3, 0.4) is 0 Å². The van der Waals surface area contributed by atoms with Crippen LogP contribution in [0.15, 0.2) is 18.2 Å². The number of carbonyl (C=O) groups excluding carboxylic acids is 1. The molecule has 0 aliphatic heterocycles. The molecule has 0 bridgehead atoms. The molecule has 8 heteroatoms. The lowest BCUT2D eigenvalue weighted by Crippen LogP contribution is -2.32. The molecule has 0 saturated carbocycles. The van der Waals surface area contributed by atoms with Gasteiger partial charge in [0.05, 0.1) is 12.1 Å². The third-order valence-corrected chi connectivity index (χ3v) is 2.13. The average molecular weight is 331 g/mol. The van der Waals surface area contributed by atoms with Crippen LogP contribution in [0.5, 0.6) is 11.5 Å². The summed E-state index contributed by atoms with van der Waals surface area (Å²) in [6.07, 6.45) is -5.57. The van der Waals surface area contributed by atoms with Gasteiger partial charge in [-0.3, -0.25) is 0 Å². The molecule has 0 aliphatic rings. The Morgan fingerprint density at radius 2 is 1.96 bits per heavy atom. The van der Waals surface area contributed by atoms with E-state index in [1.54, 1.807) is 20.8 Å². The van der Waals surface area contributed by atoms with Crippen LogP contribution in [0, 0.1) is 11.8 Å². The van der Waals surface area contributed by atoms with Gasteiger partial charge in [-0.05, 0) is 39.0 Å². The monoisotopic (exact) mass is 331 g/mol. The Bertz CT molecular complexity index is 624. The first-order valence-corrected chi connectivity index (χ1v) is 6.51. The Morgan fingerprint density at radius 3 is 2.52 bits per heavy atom. The fourth-order valence-corrected chi connectivity index (χ4v) is 1.40. The van der Waals surface area contributed by atoms with E-state index in [2.05, 4.69) is 21.9 Å². The van der Waals surface area contributed by atoms with Crippen LogP contribution in [0.2, 0.25) is 0 Å². The molecule has 0 aromatic heterocycles. The first-order chi connectivity index (χ1) is 10.5. The number of halogens is 3. The van der Waals surface area contributed by atoms with Crippen molar-refractivity contribution in [3.63, 3.8) is 0 Å². The van der Waals surface area contributed by atoms with Crippen molar-refractivity contribution >= 4 is 6.09 Å². The second-order valence-corrected chi connectivity index (χ2v) is 5.39. The van der Waals surface area contributed by atoms with Crippen LogP contribution in [-0.4, -0.2) is 29.7 Å². The van der Waals surface area contributed by atoms with Gasteiger partial charge >= 0.3 is 12.5 Å². The van der Waals surface area contributed by atoms with Crippen LogP contribution < -0.4 is 10.1 Å². The molecule has 0 spiro atoms. The molecule has 23 heavy (non-hydrogen) atoms. The maximum absolute atomic E-state index is 12.3. The molecule has 1 rings (SSSR count). The summed E-state index contributed by atoms with van der Waals surface area (Å²) < 4.78 is 45.6. The third kappa shape index (κ3) is 7.85. The summed E-state index contributed by atoms with van der Waals surface area (Å²) in [7, 11) is 0. The van der Waals surface area contributed by atoms with Gasteiger partial charge < -0.3 is 19.9 Å². The molecule has 0 aliphatic carbocycles. The first-order valence-electron chi connectivity index (χ1n) is 6.51. The molecular weight excluding hydrogens is 315 g/mol. The van der Waals surface area contributed by atoms with Crippen molar-refractivity contribution in [2.24, 2.45) is 0 Å². The minimum atomic E-state index is -4.87. The van der Waals surface area contributed by atoms with Crippen LogP contribution >= 0.6 is 0 Å². The van der Waals surface area contributed by atoms with E-state index in [1.165, 1.54) is 0 Å². The number of amides is 1. The zero-order valence-corrected chi connectivity index (χ0v) is 12.7. The van der Waals surface area contributed by atoms with Gasteiger partial charge in [0.2, 0.25) is 0 Å². The smallest absolute Gasteiger partial charge is 0.508 e.